The molecule has 0 bridgehead atoms. The third kappa shape index (κ3) is 7.61. The zero-order valence-corrected chi connectivity index (χ0v) is 22.5. The van der Waals surface area contributed by atoms with Crippen molar-refractivity contribution in [3.05, 3.63) is 53.8 Å². The molecule has 3 heterocycles. The molecule has 3 N–H and O–H groups in total. The van der Waals surface area contributed by atoms with Gasteiger partial charge in [-0.25, -0.2) is 37.7 Å². The number of amides is 4. The average molecular weight is 575 g/mol. The first-order chi connectivity index (χ1) is 18.7. The maximum absolute atomic E-state index is 12.6. The standard InChI is InChI=1S/C23H26N8O6S2/c1-2-37-23(34)31-12-10-30(11-13-31)22(33)28-21-27-17(15-38-21)14-19(32)26-16-4-6-18(7-5-16)39(35,36)29-20-24-8-3-9-25-20/h3-9,15H,2,10-14H2,1H3,(H,26,32)(H,24,25,29)(H,27,28,33). The number of hydrogen-bond acceptors (Lipinski definition) is 10. The summed E-state index contributed by atoms with van der Waals surface area (Å²) in [5.41, 5.74) is 0.867. The minimum absolute atomic E-state index is 0.0184. The van der Waals surface area contributed by atoms with Crippen LogP contribution in [0, 0.1) is 0 Å². The highest BCUT2D eigenvalue weighted by Gasteiger charge is 2.25. The molecule has 3 aromatic rings. The molecule has 14 nitrogen and oxygen atoms in total. The van der Waals surface area contributed by atoms with Gasteiger partial charge < -0.3 is 19.9 Å². The molecule has 0 saturated carbocycles. The Bertz CT molecular complexity index is 1410. The summed E-state index contributed by atoms with van der Waals surface area (Å²) in [4.78, 5) is 51.9. The Hall–Kier alpha value is -4.31. The predicted molar refractivity (Wildman–Crippen MR) is 143 cm³/mol. The molecule has 4 rings (SSSR count). The van der Waals surface area contributed by atoms with Crippen molar-refractivity contribution in [2.45, 2.75) is 18.2 Å². The van der Waals surface area contributed by atoms with Gasteiger partial charge in [-0.1, -0.05) is 0 Å². The third-order valence-electron chi connectivity index (χ3n) is 5.44. The van der Waals surface area contributed by atoms with Gasteiger partial charge in [0.2, 0.25) is 11.9 Å². The number of sulfonamides is 1. The van der Waals surface area contributed by atoms with Gasteiger partial charge in [-0.15, -0.1) is 11.3 Å². The van der Waals surface area contributed by atoms with Crippen molar-refractivity contribution < 1.29 is 27.5 Å². The molecule has 2 aromatic heterocycles. The highest BCUT2D eigenvalue weighted by atomic mass is 32.2. The van der Waals surface area contributed by atoms with Crippen LogP contribution in [0.15, 0.2) is 53.0 Å². The number of hydrogen-bond donors (Lipinski definition) is 3. The van der Waals surface area contributed by atoms with E-state index < -0.39 is 16.1 Å². The smallest absolute Gasteiger partial charge is 0.409 e. The van der Waals surface area contributed by atoms with Gasteiger partial charge in [-0.3, -0.25) is 10.1 Å². The molecule has 1 aliphatic rings. The predicted octanol–water partition coefficient (Wildman–Crippen LogP) is 2.22. The van der Waals surface area contributed by atoms with Gasteiger partial charge in [0, 0.05) is 49.6 Å². The first-order valence-electron chi connectivity index (χ1n) is 11.9. The lowest BCUT2D eigenvalue weighted by molar-refractivity contribution is -0.115. The number of piperazine rings is 1. The fourth-order valence-corrected chi connectivity index (χ4v) is 5.20. The number of thiazole rings is 1. The van der Waals surface area contributed by atoms with Crippen LogP contribution in [0.2, 0.25) is 0 Å². The molecule has 1 saturated heterocycles. The van der Waals surface area contributed by atoms with Gasteiger partial charge in [0.25, 0.3) is 10.0 Å². The molecule has 0 spiro atoms. The summed E-state index contributed by atoms with van der Waals surface area (Å²) in [5, 5.41) is 7.42. The monoisotopic (exact) mass is 574 g/mol. The van der Waals surface area contributed by atoms with Crippen molar-refractivity contribution in [3.63, 3.8) is 0 Å². The van der Waals surface area contributed by atoms with Crippen LogP contribution in [0.25, 0.3) is 0 Å². The van der Waals surface area contributed by atoms with Crippen LogP contribution in [-0.2, 0) is 26.0 Å². The van der Waals surface area contributed by atoms with E-state index in [0.29, 0.717) is 49.3 Å². The van der Waals surface area contributed by atoms with E-state index in [1.807, 2.05) is 0 Å². The molecule has 0 aliphatic carbocycles. The quantitative estimate of drug-likeness (QED) is 0.364. The molecule has 0 atom stereocenters. The normalized spacial score (nSPS) is 13.5. The molecule has 206 valence electrons. The van der Waals surface area contributed by atoms with Crippen LogP contribution < -0.4 is 15.4 Å². The Kier molecular flexibility index (Phi) is 8.88. The number of nitrogens with one attached hydrogen (secondary N) is 3. The van der Waals surface area contributed by atoms with Crippen molar-refractivity contribution >= 4 is 56.2 Å². The molecule has 0 unspecified atom stereocenters. The van der Waals surface area contributed by atoms with E-state index in [0.717, 1.165) is 0 Å². The van der Waals surface area contributed by atoms with Crippen LogP contribution in [0.5, 0.6) is 0 Å². The highest BCUT2D eigenvalue weighted by Crippen LogP contribution is 2.19. The van der Waals surface area contributed by atoms with E-state index in [2.05, 4.69) is 30.3 Å². The largest absolute Gasteiger partial charge is 0.450 e. The fraction of sp³-hybridized carbons (Fsp3) is 0.304. The molecule has 1 fully saturated rings. The summed E-state index contributed by atoms with van der Waals surface area (Å²) < 4.78 is 32.2. The van der Waals surface area contributed by atoms with E-state index in [1.165, 1.54) is 48.0 Å². The maximum Gasteiger partial charge on any atom is 0.409 e. The SMILES string of the molecule is CCOC(=O)N1CCN(C(=O)Nc2nc(CC(=O)Nc3ccc(S(=O)(=O)Nc4ncccn4)cc3)cs2)CC1. The number of rotatable bonds is 8. The minimum atomic E-state index is -3.89. The number of ether oxygens (including phenoxy) is 1. The van der Waals surface area contributed by atoms with Crippen molar-refractivity contribution in [2.75, 3.05) is 48.1 Å². The molecule has 1 aromatic carbocycles. The second-order valence-electron chi connectivity index (χ2n) is 8.17. The van der Waals surface area contributed by atoms with Gasteiger partial charge in [-0.2, -0.15) is 0 Å². The maximum atomic E-state index is 12.6. The first kappa shape index (κ1) is 27.7. The molecule has 1 aliphatic heterocycles. The Morgan fingerprint density at radius 2 is 1.67 bits per heavy atom. The van der Waals surface area contributed by atoms with E-state index in [1.54, 1.807) is 28.2 Å². The van der Waals surface area contributed by atoms with Crippen molar-refractivity contribution in [1.29, 1.82) is 0 Å². The molecule has 0 radical (unpaired) electrons. The second kappa shape index (κ2) is 12.5. The van der Waals surface area contributed by atoms with Crippen LogP contribution in [-0.4, -0.2) is 84.0 Å². The van der Waals surface area contributed by atoms with Crippen LogP contribution in [0.4, 0.5) is 26.4 Å². The fourth-order valence-electron chi connectivity index (χ4n) is 3.54. The van der Waals surface area contributed by atoms with Crippen molar-refractivity contribution in [3.8, 4) is 0 Å². The lowest BCUT2D eigenvalue weighted by Gasteiger charge is -2.33. The second-order valence-corrected chi connectivity index (χ2v) is 10.7. The van der Waals surface area contributed by atoms with Crippen molar-refractivity contribution in [1.82, 2.24) is 24.8 Å². The van der Waals surface area contributed by atoms with Crippen molar-refractivity contribution in [2.24, 2.45) is 0 Å². The van der Waals surface area contributed by atoms with Gasteiger partial charge in [0.1, 0.15) is 0 Å². The van der Waals surface area contributed by atoms with Crippen LogP contribution in [0.3, 0.4) is 0 Å². The zero-order chi connectivity index (χ0) is 27.8. The summed E-state index contributed by atoms with van der Waals surface area (Å²) in [6.07, 6.45) is 2.40. The zero-order valence-electron chi connectivity index (χ0n) is 20.9. The number of anilines is 3. The Morgan fingerprint density at radius 3 is 2.33 bits per heavy atom. The van der Waals surface area contributed by atoms with E-state index >= 15 is 0 Å². The third-order valence-corrected chi connectivity index (χ3v) is 7.59. The number of urea groups is 1. The summed E-state index contributed by atoms with van der Waals surface area (Å²) in [6.45, 7) is 3.51. The summed E-state index contributed by atoms with van der Waals surface area (Å²) in [7, 11) is -3.89. The summed E-state index contributed by atoms with van der Waals surface area (Å²) in [6, 6.07) is 6.86. The van der Waals surface area contributed by atoms with Gasteiger partial charge in [-0.05, 0) is 37.3 Å². The highest BCUT2D eigenvalue weighted by molar-refractivity contribution is 7.92. The Balaban J connectivity index is 1.25. The molecule has 4 amide bonds. The van der Waals surface area contributed by atoms with Crippen LogP contribution in [0.1, 0.15) is 12.6 Å². The van der Waals surface area contributed by atoms with Gasteiger partial charge in [0.15, 0.2) is 5.13 Å². The van der Waals surface area contributed by atoms with E-state index in [9.17, 15) is 22.8 Å². The van der Waals surface area contributed by atoms with Gasteiger partial charge >= 0.3 is 12.1 Å². The number of carbonyl (C=O) groups excluding carboxylic acids is 3. The Labute approximate surface area is 228 Å². The van der Waals surface area contributed by atoms with E-state index in [4.69, 9.17) is 4.74 Å². The van der Waals surface area contributed by atoms with Gasteiger partial charge in [0.05, 0.1) is 23.6 Å². The number of carbonyl (C=O) groups is 3. The lowest BCUT2D eigenvalue weighted by Crippen LogP contribution is -2.51. The number of nitrogens with zero attached hydrogens (tertiary/aromatic N) is 5. The first-order valence-corrected chi connectivity index (χ1v) is 14.2. The molecular weight excluding hydrogens is 548 g/mol. The number of aromatic nitrogens is 3. The lowest BCUT2D eigenvalue weighted by atomic mass is 10.3. The minimum Gasteiger partial charge on any atom is -0.450 e. The summed E-state index contributed by atoms with van der Waals surface area (Å²) >= 11 is 1.19. The van der Waals surface area contributed by atoms with E-state index in [-0.39, 0.29) is 29.2 Å². The summed E-state index contributed by atoms with van der Waals surface area (Å²) in [5.74, 6) is -0.412. The molecule has 16 heteroatoms. The molecule has 39 heavy (non-hydrogen) atoms. The average Bonchev–Trinajstić information content (AvgIpc) is 3.35. The van der Waals surface area contributed by atoms with Crippen LogP contribution >= 0.6 is 11.3 Å². The molecular formula is C23H26N8O6S2. The topological polar surface area (TPSA) is 176 Å². The Morgan fingerprint density at radius 1 is 1.00 bits per heavy atom. The number of benzene rings is 1.